The Morgan fingerprint density at radius 3 is 1.91 bits per heavy atom. The number of methoxy groups -OCH3 is 4. The molecule has 0 bridgehead atoms. The number of benzene rings is 2. The van der Waals surface area contributed by atoms with Crippen molar-refractivity contribution in [2.45, 2.75) is 12.8 Å². The first-order chi connectivity index (χ1) is 15.3. The van der Waals surface area contributed by atoms with Crippen molar-refractivity contribution in [3.8, 4) is 23.0 Å². The van der Waals surface area contributed by atoms with E-state index in [0.717, 1.165) is 22.0 Å². The molecule has 0 aliphatic carbocycles. The summed E-state index contributed by atoms with van der Waals surface area (Å²) >= 11 is 0. The molecule has 3 aromatic rings. The molecule has 1 atom stereocenters. The van der Waals surface area contributed by atoms with E-state index in [-0.39, 0.29) is 53.9 Å². The van der Waals surface area contributed by atoms with Crippen molar-refractivity contribution in [3.05, 3.63) is 47.8 Å². The maximum atomic E-state index is 5.58. The Labute approximate surface area is 235 Å². The summed E-state index contributed by atoms with van der Waals surface area (Å²) in [6, 6.07) is 9.89. The van der Waals surface area contributed by atoms with E-state index in [1.165, 1.54) is 0 Å². The number of aromatic nitrogens is 1. The predicted molar refractivity (Wildman–Crippen MR) is 154 cm³/mol. The lowest BCUT2D eigenvalue weighted by molar-refractivity contribution is -0.678. The summed E-state index contributed by atoms with van der Waals surface area (Å²) in [5, 5.41) is 12.5. The van der Waals surface area contributed by atoms with Gasteiger partial charge in [-0.1, -0.05) is 5.22 Å². The van der Waals surface area contributed by atoms with Gasteiger partial charge in [-0.15, -0.1) is 53.1 Å². The van der Waals surface area contributed by atoms with Gasteiger partial charge in [0.15, 0.2) is 34.9 Å². The maximum absolute atomic E-state index is 5.58. The molecule has 186 valence electrons. The molecule has 0 aliphatic rings. The highest BCUT2D eigenvalue weighted by Crippen LogP contribution is 2.42. The van der Waals surface area contributed by atoms with Crippen LogP contribution in [-0.2, 0) is 7.05 Å². The maximum Gasteiger partial charge on any atom is 0.196 e. The molecule has 1 aromatic heterocycles. The average molecular weight is 695 g/mol. The monoisotopic (exact) mass is 695 g/mol. The number of aryl methyl sites for hydroxylation is 1. The van der Waals surface area contributed by atoms with Gasteiger partial charge in [0.1, 0.15) is 7.05 Å². The van der Waals surface area contributed by atoms with Crippen molar-refractivity contribution in [1.29, 1.82) is 0 Å². The lowest BCUT2D eigenvalue weighted by Gasteiger charge is -2.18. The first kappa shape index (κ1) is 29.9. The second kappa shape index (κ2) is 13.1. The molecule has 8 nitrogen and oxygen atoms in total. The number of halogens is 2. The van der Waals surface area contributed by atoms with Crippen LogP contribution in [0.2, 0.25) is 0 Å². The Morgan fingerprint density at radius 2 is 1.35 bits per heavy atom. The van der Waals surface area contributed by atoms with Gasteiger partial charge in [-0.2, -0.15) is 0 Å². The highest BCUT2D eigenvalue weighted by molar-refractivity contribution is 14.0. The van der Waals surface area contributed by atoms with E-state index in [9.17, 15) is 0 Å². The van der Waals surface area contributed by atoms with Gasteiger partial charge in [0.05, 0.1) is 45.4 Å². The van der Waals surface area contributed by atoms with Crippen LogP contribution in [0, 0.1) is 0 Å². The van der Waals surface area contributed by atoms with Gasteiger partial charge in [0.25, 0.3) is 0 Å². The summed E-state index contributed by atoms with van der Waals surface area (Å²) in [6.45, 7) is 2.14. The molecule has 0 radical (unpaired) electrons. The summed E-state index contributed by atoms with van der Waals surface area (Å²) in [6.07, 6.45) is 2.04. The number of rotatable bonds is 8. The lowest BCUT2D eigenvalue weighted by atomic mass is 9.91. The van der Waals surface area contributed by atoms with Gasteiger partial charge >= 0.3 is 0 Å². The van der Waals surface area contributed by atoms with Crippen LogP contribution in [0.5, 0.6) is 23.0 Å². The molecule has 0 saturated heterocycles. The summed E-state index contributed by atoms with van der Waals surface area (Å²) in [4.78, 5) is 0. The second-order valence-electron chi connectivity index (χ2n) is 7.63. The van der Waals surface area contributed by atoms with Crippen LogP contribution in [-0.4, -0.2) is 47.5 Å². The molecule has 0 amide bonds. The van der Waals surface area contributed by atoms with E-state index in [0.29, 0.717) is 28.7 Å². The van der Waals surface area contributed by atoms with E-state index in [4.69, 9.17) is 18.9 Å². The van der Waals surface area contributed by atoms with E-state index in [2.05, 4.69) is 27.9 Å². The minimum atomic E-state index is -0.0438. The summed E-state index contributed by atoms with van der Waals surface area (Å²) in [5.74, 6) is 2.57. The molecule has 0 saturated carbocycles. The van der Waals surface area contributed by atoms with Gasteiger partial charge in [-0.25, -0.2) is 4.57 Å². The van der Waals surface area contributed by atoms with E-state index in [1.54, 1.807) is 33.4 Å². The molecule has 0 N–H and O–H groups in total. The fraction of sp³-hybridized carbons (Fsp3) is 0.375. The summed E-state index contributed by atoms with van der Waals surface area (Å²) in [7, 11) is 12.2. The van der Waals surface area contributed by atoms with Gasteiger partial charge in [0.2, 0.25) is 0 Å². The smallest absolute Gasteiger partial charge is 0.196 e. The highest BCUT2D eigenvalue weighted by Gasteiger charge is 2.27. The van der Waals surface area contributed by atoms with Crippen LogP contribution in [0.1, 0.15) is 24.1 Å². The molecule has 10 heteroatoms. The van der Waals surface area contributed by atoms with Crippen LogP contribution in [0.25, 0.3) is 10.8 Å². The Kier molecular flexibility index (Phi) is 11.6. The third kappa shape index (κ3) is 6.12. The third-order valence-corrected chi connectivity index (χ3v) is 5.43. The minimum absolute atomic E-state index is 0. The Balaban J connectivity index is 0.00000289. The van der Waals surface area contributed by atoms with Gasteiger partial charge < -0.3 is 18.9 Å². The van der Waals surface area contributed by atoms with Crippen LogP contribution < -0.4 is 23.5 Å². The molecule has 2 aromatic carbocycles. The molecule has 3 rings (SSSR count). The molecule has 0 fully saturated rings. The zero-order valence-corrected chi connectivity index (χ0v) is 25.4. The average Bonchev–Trinajstić information content (AvgIpc) is 2.80. The Morgan fingerprint density at radius 1 is 0.824 bits per heavy atom. The number of hydrogen-bond acceptors (Lipinski definition) is 6. The van der Waals surface area contributed by atoms with E-state index in [1.807, 2.05) is 51.6 Å². The Hall–Kier alpha value is -2.09. The molecular formula is C24H33I2N4O4+. The standard InChI is InChI=1S/C24H31N4O4.2HI/c1-15(17-12-21(30-6)23(32-8)14-19(17)25-26-27(2)3)24-18-13-22(31-7)20(29-5)11-16(18)9-10-28(24)4;;/h9-15H,1-8H3;2*1H/q+1;;. The SMILES string of the molecule is COc1cc(N=NN(C)C)c(C(C)c2c3cc(OC)c(OC)cc3cc[n+]2C)cc1OC.I.I. The second-order valence-corrected chi connectivity index (χ2v) is 7.63. The van der Waals surface area contributed by atoms with Crippen LogP contribution >= 0.6 is 48.0 Å². The topological polar surface area (TPSA) is 68.8 Å². The fourth-order valence-corrected chi connectivity index (χ4v) is 3.86. The van der Waals surface area contributed by atoms with Crippen molar-refractivity contribution in [3.63, 3.8) is 0 Å². The quantitative estimate of drug-likeness (QED) is 0.132. The number of hydrogen-bond donors (Lipinski definition) is 0. The molecule has 0 spiro atoms. The first-order valence-electron chi connectivity index (χ1n) is 10.2. The van der Waals surface area contributed by atoms with E-state index >= 15 is 0 Å². The highest BCUT2D eigenvalue weighted by atomic mass is 127. The zero-order chi connectivity index (χ0) is 23.4. The lowest BCUT2D eigenvalue weighted by Crippen LogP contribution is -2.34. The summed E-state index contributed by atoms with van der Waals surface area (Å²) < 4.78 is 24.3. The molecule has 1 unspecified atom stereocenters. The van der Waals surface area contributed by atoms with Crippen LogP contribution in [0.4, 0.5) is 5.69 Å². The summed E-state index contributed by atoms with van der Waals surface area (Å²) in [5.41, 5.74) is 2.77. The van der Waals surface area contributed by atoms with Gasteiger partial charge in [0, 0.05) is 26.2 Å². The van der Waals surface area contributed by atoms with Crippen molar-refractivity contribution >= 4 is 64.4 Å². The molecule has 34 heavy (non-hydrogen) atoms. The minimum Gasteiger partial charge on any atom is -0.493 e. The molecule has 1 heterocycles. The van der Waals surface area contributed by atoms with Crippen molar-refractivity contribution < 1.29 is 23.5 Å². The van der Waals surface area contributed by atoms with E-state index < -0.39 is 0 Å². The first-order valence-corrected chi connectivity index (χ1v) is 10.2. The van der Waals surface area contributed by atoms with Crippen molar-refractivity contribution in [2.24, 2.45) is 17.4 Å². The van der Waals surface area contributed by atoms with Crippen LogP contribution in [0.3, 0.4) is 0 Å². The zero-order valence-electron chi connectivity index (χ0n) is 20.8. The van der Waals surface area contributed by atoms with Crippen LogP contribution in [0.15, 0.2) is 46.9 Å². The normalized spacial score (nSPS) is 11.4. The number of nitrogens with zero attached hydrogens (tertiary/aromatic N) is 4. The number of ether oxygens (including phenoxy) is 4. The molecular weight excluding hydrogens is 662 g/mol. The predicted octanol–water partition coefficient (Wildman–Crippen LogP) is 5.65. The molecule has 0 aliphatic heterocycles. The Bertz CT molecular complexity index is 1160. The van der Waals surface area contributed by atoms with Gasteiger partial charge in [-0.3, -0.25) is 5.01 Å². The fourth-order valence-electron chi connectivity index (χ4n) is 3.86. The number of pyridine rings is 1. The largest absolute Gasteiger partial charge is 0.493 e. The van der Waals surface area contributed by atoms with Crippen molar-refractivity contribution in [1.82, 2.24) is 5.01 Å². The van der Waals surface area contributed by atoms with Gasteiger partial charge in [-0.05, 0) is 36.1 Å². The number of fused-ring (bicyclic) bond motifs is 1. The third-order valence-electron chi connectivity index (χ3n) is 5.43. The van der Waals surface area contributed by atoms with Crippen molar-refractivity contribution in [2.75, 3.05) is 42.5 Å².